The van der Waals surface area contributed by atoms with Crippen molar-refractivity contribution in [1.29, 1.82) is 0 Å². The van der Waals surface area contributed by atoms with Gasteiger partial charge in [-0.25, -0.2) is 8.42 Å². The zero-order valence-electron chi connectivity index (χ0n) is 19.3. The number of benzene rings is 3. The van der Waals surface area contributed by atoms with Crippen LogP contribution in [0.1, 0.15) is 23.1 Å². The van der Waals surface area contributed by atoms with E-state index in [0.29, 0.717) is 6.54 Å². The van der Waals surface area contributed by atoms with E-state index in [1.54, 1.807) is 48.2 Å². The van der Waals surface area contributed by atoms with E-state index >= 15 is 0 Å². The summed E-state index contributed by atoms with van der Waals surface area (Å²) >= 11 is 8.11. The number of anilines is 1. The Balaban J connectivity index is 1.59. The molecule has 0 saturated carbocycles. The zero-order chi connectivity index (χ0) is 24.6. The van der Waals surface area contributed by atoms with Gasteiger partial charge in [0.25, 0.3) is 10.0 Å². The first-order chi connectivity index (χ1) is 16.3. The number of thioether (sulfide) groups is 1. The number of sulfonamides is 1. The maximum Gasteiger partial charge on any atom is 0.264 e. The third kappa shape index (κ3) is 7.26. The molecule has 0 spiro atoms. The highest BCUT2D eigenvalue weighted by molar-refractivity contribution is 7.98. The van der Waals surface area contributed by atoms with Crippen LogP contribution in [0.15, 0.2) is 77.7 Å². The minimum absolute atomic E-state index is 0.110. The first kappa shape index (κ1) is 26.1. The molecule has 5 nitrogen and oxygen atoms in total. The largest absolute Gasteiger partial charge is 0.354 e. The van der Waals surface area contributed by atoms with Gasteiger partial charge >= 0.3 is 0 Å². The van der Waals surface area contributed by atoms with Crippen molar-refractivity contribution in [3.05, 3.63) is 94.5 Å². The van der Waals surface area contributed by atoms with Crippen LogP contribution in [0.25, 0.3) is 0 Å². The Labute approximate surface area is 211 Å². The van der Waals surface area contributed by atoms with E-state index in [4.69, 9.17) is 11.6 Å². The Morgan fingerprint density at radius 1 is 0.941 bits per heavy atom. The van der Waals surface area contributed by atoms with Gasteiger partial charge in [0.1, 0.15) is 6.54 Å². The number of hydrogen-bond acceptors (Lipinski definition) is 4. The van der Waals surface area contributed by atoms with Gasteiger partial charge in [0.05, 0.1) is 15.6 Å². The van der Waals surface area contributed by atoms with Gasteiger partial charge < -0.3 is 5.32 Å². The van der Waals surface area contributed by atoms with Gasteiger partial charge in [0, 0.05) is 12.3 Å². The molecule has 0 heterocycles. The van der Waals surface area contributed by atoms with E-state index < -0.39 is 10.0 Å². The molecule has 1 N–H and O–H groups in total. The third-order valence-electron chi connectivity index (χ3n) is 5.19. The summed E-state index contributed by atoms with van der Waals surface area (Å²) in [4.78, 5) is 12.8. The van der Waals surface area contributed by atoms with Crippen molar-refractivity contribution in [2.24, 2.45) is 0 Å². The van der Waals surface area contributed by atoms with Crippen LogP contribution in [-0.4, -0.2) is 33.2 Å². The molecule has 180 valence electrons. The topological polar surface area (TPSA) is 66.5 Å². The smallest absolute Gasteiger partial charge is 0.264 e. The molecular weight excluding hydrogens is 488 g/mol. The van der Waals surface area contributed by atoms with Crippen molar-refractivity contribution in [3.63, 3.8) is 0 Å². The summed E-state index contributed by atoms with van der Waals surface area (Å²) in [5, 5.41) is 3.10. The normalized spacial score (nSPS) is 11.3. The fraction of sp³-hybridized carbons (Fsp3) is 0.269. The van der Waals surface area contributed by atoms with Crippen molar-refractivity contribution < 1.29 is 13.2 Å². The second kappa shape index (κ2) is 12.3. The number of para-hydroxylation sites is 1. The van der Waals surface area contributed by atoms with E-state index in [2.05, 4.69) is 36.5 Å². The lowest BCUT2D eigenvalue weighted by Crippen LogP contribution is -2.41. The Bertz CT molecular complexity index is 1200. The van der Waals surface area contributed by atoms with Crippen LogP contribution in [0.2, 0.25) is 5.02 Å². The predicted octanol–water partition coefficient (Wildman–Crippen LogP) is 5.59. The molecule has 0 unspecified atom stereocenters. The number of aryl methyl sites for hydroxylation is 2. The average molecular weight is 517 g/mol. The quantitative estimate of drug-likeness (QED) is 0.337. The van der Waals surface area contributed by atoms with Crippen molar-refractivity contribution in [3.8, 4) is 0 Å². The molecule has 0 aliphatic carbocycles. The minimum Gasteiger partial charge on any atom is -0.354 e. The molecule has 3 aromatic carbocycles. The lowest BCUT2D eigenvalue weighted by molar-refractivity contribution is -0.119. The van der Waals surface area contributed by atoms with Gasteiger partial charge in [-0.2, -0.15) is 11.8 Å². The number of carbonyl (C=O) groups excluding carboxylic acids is 1. The Morgan fingerprint density at radius 3 is 2.21 bits per heavy atom. The number of rotatable bonds is 11. The van der Waals surface area contributed by atoms with Gasteiger partial charge in [-0.05, 0) is 55.9 Å². The van der Waals surface area contributed by atoms with E-state index in [0.717, 1.165) is 27.8 Å². The van der Waals surface area contributed by atoms with E-state index in [1.165, 1.54) is 23.3 Å². The van der Waals surface area contributed by atoms with Crippen LogP contribution in [0, 0.1) is 13.8 Å². The van der Waals surface area contributed by atoms with Gasteiger partial charge in [0.2, 0.25) is 5.91 Å². The summed E-state index contributed by atoms with van der Waals surface area (Å²) < 4.78 is 27.8. The second-order valence-corrected chi connectivity index (χ2v) is 11.4. The summed E-state index contributed by atoms with van der Waals surface area (Å²) in [6.07, 6.45) is 0.791. The van der Waals surface area contributed by atoms with E-state index in [9.17, 15) is 13.2 Å². The highest BCUT2D eigenvalue weighted by Crippen LogP contribution is 2.30. The number of hydrogen-bond donors (Lipinski definition) is 1. The van der Waals surface area contributed by atoms with Crippen molar-refractivity contribution in [1.82, 2.24) is 5.32 Å². The molecular formula is C26H29ClN2O3S2. The molecule has 0 radical (unpaired) electrons. The third-order valence-corrected chi connectivity index (χ3v) is 8.40. The Morgan fingerprint density at radius 2 is 1.56 bits per heavy atom. The van der Waals surface area contributed by atoms with Crippen LogP contribution in [-0.2, 0) is 20.6 Å². The Hall–Kier alpha value is -2.48. The molecule has 0 aromatic heterocycles. The van der Waals surface area contributed by atoms with E-state index in [1.807, 2.05) is 6.92 Å². The first-order valence-electron chi connectivity index (χ1n) is 11.0. The molecule has 0 aliphatic rings. The highest BCUT2D eigenvalue weighted by atomic mass is 35.5. The summed E-state index contributed by atoms with van der Waals surface area (Å²) in [7, 11) is -3.98. The van der Waals surface area contributed by atoms with Gasteiger partial charge in [-0.1, -0.05) is 71.3 Å². The van der Waals surface area contributed by atoms with Crippen LogP contribution in [0.5, 0.6) is 0 Å². The molecule has 0 aliphatic heterocycles. The fourth-order valence-corrected chi connectivity index (χ4v) is 5.90. The lowest BCUT2D eigenvalue weighted by atomic mass is 10.2. The molecule has 0 saturated heterocycles. The number of amides is 1. The Kier molecular flexibility index (Phi) is 9.45. The SMILES string of the molecule is Cc1ccc(CSCCCNC(=O)CN(c2ccccc2Cl)S(=O)(=O)c2ccc(C)cc2)cc1. The van der Waals surface area contributed by atoms with Crippen molar-refractivity contribution >= 4 is 45.0 Å². The molecule has 34 heavy (non-hydrogen) atoms. The van der Waals surface area contributed by atoms with Crippen molar-refractivity contribution in [2.75, 3.05) is 23.1 Å². The maximum absolute atomic E-state index is 13.4. The summed E-state index contributed by atoms with van der Waals surface area (Å²) in [5.41, 5.74) is 3.73. The van der Waals surface area contributed by atoms with Crippen LogP contribution < -0.4 is 9.62 Å². The van der Waals surface area contributed by atoms with E-state index in [-0.39, 0.29) is 28.1 Å². The summed E-state index contributed by atoms with van der Waals surface area (Å²) in [6, 6.07) is 21.6. The number of nitrogens with zero attached hydrogens (tertiary/aromatic N) is 1. The van der Waals surface area contributed by atoms with Gasteiger partial charge in [-0.15, -0.1) is 0 Å². The minimum atomic E-state index is -3.98. The van der Waals surface area contributed by atoms with Crippen LogP contribution >= 0.6 is 23.4 Å². The first-order valence-corrected chi connectivity index (χ1v) is 14.0. The standard InChI is InChI=1S/C26H29ClN2O3S2/c1-20-8-12-22(13-9-20)19-33-17-5-16-28-26(30)18-29(25-7-4-3-6-24(25)27)34(31,32)23-14-10-21(2)11-15-23/h3-4,6-15H,5,16-19H2,1-2H3,(H,28,30). The molecule has 3 rings (SSSR count). The number of carbonyl (C=O) groups is 1. The number of halogens is 1. The van der Waals surface area contributed by atoms with Gasteiger partial charge in [-0.3, -0.25) is 9.10 Å². The molecule has 0 bridgehead atoms. The summed E-state index contributed by atoms with van der Waals surface area (Å²) in [5.74, 6) is 1.44. The average Bonchev–Trinajstić information content (AvgIpc) is 2.81. The lowest BCUT2D eigenvalue weighted by Gasteiger charge is -2.25. The second-order valence-electron chi connectivity index (χ2n) is 8.02. The number of nitrogens with one attached hydrogen (secondary N) is 1. The molecule has 1 amide bonds. The van der Waals surface area contributed by atoms with Gasteiger partial charge in [0.15, 0.2) is 0 Å². The fourth-order valence-electron chi connectivity index (χ4n) is 3.25. The predicted molar refractivity (Wildman–Crippen MR) is 142 cm³/mol. The van der Waals surface area contributed by atoms with Crippen molar-refractivity contribution in [2.45, 2.75) is 30.9 Å². The van der Waals surface area contributed by atoms with Crippen LogP contribution in [0.4, 0.5) is 5.69 Å². The summed E-state index contributed by atoms with van der Waals surface area (Å²) in [6.45, 7) is 4.07. The molecule has 0 atom stereocenters. The highest BCUT2D eigenvalue weighted by Gasteiger charge is 2.28. The van der Waals surface area contributed by atoms with Crippen LogP contribution in [0.3, 0.4) is 0 Å². The molecule has 8 heteroatoms. The maximum atomic E-state index is 13.4. The molecule has 3 aromatic rings. The molecule has 0 fully saturated rings. The zero-order valence-corrected chi connectivity index (χ0v) is 21.7. The monoisotopic (exact) mass is 516 g/mol.